The number of fused-ring (bicyclic) bond motifs is 7. The Morgan fingerprint density at radius 2 is 1.80 bits per heavy atom. The molecule has 3 aliphatic rings. The Bertz CT molecular complexity index is 1650. The topological polar surface area (TPSA) is 121 Å². The molecule has 2 aromatic heterocycles. The summed E-state index contributed by atoms with van der Waals surface area (Å²) in [6.07, 6.45) is 1.22. The van der Waals surface area contributed by atoms with E-state index in [-0.39, 0.29) is 13.2 Å². The number of ether oxygens (including phenoxy) is 2. The molecule has 0 unspecified atom stereocenters. The summed E-state index contributed by atoms with van der Waals surface area (Å²) in [5.74, 6) is 0.492. The normalized spacial score (nSPS) is 19.1. The molecule has 0 saturated carbocycles. The van der Waals surface area contributed by atoms with Crippen LogP contribution < -0.4 is 15.0 Å². The molecule has 46 heavy (non-hydrogen) atoms. The predicted molar refractivity (Wildman–Crippen MR) is 176 cm³/mol. The van der Waals surface area contributed by atoms with Crippen molar-refractivity contribution in [3.8, 4) is 17.1 Å². The maximum atomic E-state index is 13.7. The third-order valence-electron chi connectivity index (χ3n) is 8.27. The first-order valence-corrected chi connectivity index (χ1v) is 15.8. The van der Waals surface area contributed by atoms with Crippen LogP contribution in [0.15, 0.2) is 41.5 Å². The molecule has 1 saturated heterocycles. The maximum absolute atomic E-state index is 13.7. The van der Waals surface area contributed by atoms with Gasteiger partial charge in [-0.15, -0.1) is 0 Å². The third-order valence-corrected chi connectivity index (χ3v) is 8.27. The van der Waals surface area contributed by atoms with Crippen molar-refractivity contribution in [1.82, 2.24) is 29.5 Å². The second-order valence-corrected chi connectivity index (χ2v) is 13.1. The minimum Gasteiger partial charge on any atom is -0.475 e. The van der Waals surface area contributed by atoms with Crippen LogP contribution >= 0.6 is 0 Å². The summed E-state index contributed by atoms with van der Waals surface area (Å²) in [5, 5.41) is 7.74. The van der Waals surface area contributed by atoms with E-state index in [0.29, 0.717) is 47.4 Å². The fourth-order valence-electron chi connectivity index (χ4n) is 5.84. The number of carbonyl (C=O) groups is 2. The van der Waals surface area contributed by atoms with Crippen molar-refractivity contribution in [2.75, 3.05) is 69.7 Å². The number of benzene rings is 1. The summed E-state index contributed by atoms with van der Waals surface area (Å²) in [7, 11) is 3.93. The third kappa shape index (κ3) is 7.00. The molecule has 0 atom stereocenters. The zero-order chi connectivity index (χ0) is 32.6. The van der Waals surface area contributed by atoms with Crippen molar-refractivity contribution in [1.29, 1.82) is 0 Å². The predicted octanol–water partition coefficient (Wildman–Crippen LogP) is 3.60. The maximum Gasteiger partial charge on any atom is 0.410 e. The number of amides is 2. The van der Waals surface area contributed by atoms with Gasteiger partial charge in [0.1, 0.15) is 12.2 Å². The number of guanidine groups is 1. The van der Waals surface area contributed by atoms with Crippen molar-refractivity contribution in [3.63, 3.8) is 0 Å². The average molecular weight is 630 g/mol. The average Bonchev–Trinajstić information content (AvgIpc) is 3.53. The highest BCUT2D eigenvalue weighted by Crippen LogP contribution is 2.35. The standard InChI is InChI=1S/C33H43N9O4/c1-22-17-24-19-27(35-22)25-20-34-39(6)30(25)45-16-15-41(32(44)46-33(2,3)4)13-14-42-28-18-23(21-40-11-9-38(5)10-12-40)7-8-26(28)36-31(42)37-29(24)43/h7-8,17-20H,9-16,21H2,1-6H3,(H,36,37,43). The summed E-state index contributed by atoms with van der Waals surface area (Å²) >= 11 is 0. The zero-order valence-corrected chi connectivity index (χ0v) is 27.5. The number of hydrogen-bond donors (Lipinski definition) is 1. The largest absolute Gasteiger partial charge is 0.475 e. The molecule has 1 aromatic carbocycles. The van der Waals surface area contributed by atoms with Gasteiger partial charge < -0.3 is 29.5 Å². The van der Waals surface area contributed by atoms with Crippen molar-refractivity contribution < 1.29 is 19.1 Å². The van der Waals surface area contributed by atoms with Crippen LogP contribution in [0, 0.1) is 6.92 Å². The molecule has 1 N–H and O–H groups in total. The SMILES string of the molecule is Cc1cc2cc(n1)-c1cnn(C)c1OCCN(C(=O)OC(C)(C)C)CCN1/C(=N/C2=O)Nc2ccc(CN3CCN(C)CC3)cc21. The Labute approximate surface area is 269 Å². The van der Waals surface area contributed by atoms with Gasteiger partial charge >= 0.3 is 6.09 Å². The Morgan fingerprint density at radius 1 is 1.02 bits per heavy atom. The van der Waals surface area contributed by atoms with E-state index in [2.05, 4.69) is 49.4 Å². The van der Waals surface area contributed by atoms with Gasteiger partial charge in [-0.2, -0.15) is 10.1 Å². The number of aliphatic imine (C=N–C) groups is 1. The molecule has 1 fully saturated rings. The Morgan fingerprint density at radius 3 is 2.57 bits per heavy atom. The van der Waals surface area contributed by atoms with Gasteiger partial charge in [-0.25, -0.2) is 9.48 Å². The Balaban J connectivity index is 1.37. The molecule has 13 nitrogen and oxygen atoms in total. The van der Waals surface area contributed by atoms with E-state index < -0.39 is 17.6 Å². The summed E-state index contributed by atoms with van der Waals surface area (Å²) in [6, 6.07) is 9.76. The number of carbonyl (C=O) groups excluding carboxylic acids is 2. The number of nitrogens with zero attached hydrogens (tertiary/aromatic N) is 8. The molecule has 244 valence electrons. The number of piperazine rings is 1. The number of aryl methyl sites for hydroxylation is 2. The molecule has 5 heterocycles. The monoisotopic (exact) mass is 629 g/mol. The first-order chi connectivity index (χ1) is 21.9. The lowest BCUT2D eigenvalue weighted by atomic mass is 10.1. The number of aromatic nitrogens is 3. The van der Waals surface area contributed by atoms with E-state index in [9.17, 15) is 9.59 Å². The van der Waals surface area contributed by atoms with Crippen LogP contribution in [-0.4, -0.2) is 112 Å². The molecule has 0 radical (unpaired) electrons. The van der Waals surface area contributed by atoms with E-state index in [1.54, 1.807) is 35.0 Å². The van der Waals surface area contributed by atoms with Gasteiger partial charge in [-0.1, -0.05) is 6.07 Å². The number of pyridine rings is 1. The van der Waals surface area contributed by atoms with Crippen molar-refractivity contribution in [3.05, 3.63) is 53.3 Å². The summed E-state index contributed by atoms with van der Waals surface area (Å²) in [6.45, 7) is 13.5. The first kappa shape index (κ1) is 31.5. The highest BCUT2D eigenvalue weighted by Gasteiger charge is 2.30. The lowest BCUT2D eigenvalue weighted by Gasteiger charge is -2.32. The molecule has 3 aromatic rings. The zero-order valence-electron chi connectivity index (χ0n) is 27.5. The molecule has 0 spiro atoms. The number of likely N-dealkylation sites (N-methyl/N-ethyl adjacent to an activating group) is 1. The van der Waals surface area contributed by atoms with Crippen LogP contribution in [0.4, 0.5) is 16.2 Å². The lowest BCUT2D eigenvalue weighted by molar-refractivity contribution is 0.0231. The number of nitrogens with one attached hydrogen (secondary N) is 1. The quantitative estimate of drug-likeness (QED) is 0.450. The Kier molecular flexibility index (Phi) is 8.71. The van der Waals surface area contributed by atoms with Gasteiger partial charge in [0.15, 0.2) is 0 Å². The van der Waals surface area contributed by atoms with Gasteiger partial charge in [0, 0.05) is 64.1 Å². The molecule has 3 aliphatic heterocycles. The summed E-state index contributed by atoms with van der Waals surface area (Å²) in [5.41, 5.74) is 4.55. The lowest BCUT2D eigenvalue weighted by Crippen LogP contribution is -2.44. The minimum absolute atomic E-state index is 0.203. The number of hydrogen-bond acceptors (Lipinski definition) is 10. The highest BCUT2D eigenvalue weighted by molar-refractivity contribution is 6.19. The molecular formula is C33H43N9O4. The van der Waals surface area contributed by atoms with E-state index >= 15 is 0 Å². The number of rotatable bonds is 2. The smallest absolute Gasteiger partial charge is 0.410 e. The van der Waals surface area contributed by atoms with Crippen LogP contribution in [0.25, 0.3) is 11.3 Å². The fourth-order valence-corrected chi connectivity index (χ4v) is 5.84. The van der Waals surface area contributed by atoms with Crippen molar-refractivity contribution in [2.45, 2.75) is 39.8 Å². The van der Waals surface area contributed by atoms with Gasteiger partial charge in [0.2, 0.25) is 11.8 Å². The summed E-state index contributed by atoms with van der Waals surface area (Å²) < 4.78 is 13.6. The van der Waals surface area contributed by atoms with Gasteiger partial charge in [0.25, 0.3) is 5.91 Å². The highest BCUT2D eigenvalue weighted by atomic mass is 16.6. The molecule has 2 bridgehead atoms. The van der Waals surface area contributed by atoms with Crippen LogP contribution in [0.5, 0.6) is 5.88 Å². The molecule has 2 amide bonds. The van der Waals surface area contributed by atoms with E-state index in [0.717, 1.165) is 44.1 Å². The van der Waals surface area contributed by atoms with E-state index in [4.69, 9.17) is 9.47 Å². The molecule has 6 rings (SSSR count). The van der Waals surface area contributed by atoms with Crippen LogP contribution in [0.2, 0.25) is 0 Å². The van der Waals surface area contributed by atoms with Gasteiger partial charge in [-0.05, 0) is 64.6 Å². The van der Waals surface area contributed by atoms with Gasteiger partial charge in [0.05, 0.1) is 35.4 Å². The number of anilines is 2. The Hall–Kier alpha value is -4.49. The van der Waals surface area contributed by atoms with Crippen LogP contribution in [0.3, 0.4) is 0 Å². The first-order valence-electron chi connectivity index (χ1n) is 15.8. The summed E-state index contributed by atoms with van der Waals surface area (Å²) in [4.78, 5) is 44.8. The van der Waals surface area contributed by atoms with E-state index in [1.165, 1.54) is 5.56 Å². The second kappa shape index (κ2) is 12.7. The fraction of sp³-hybridized carbons (Fsp3) is 0.485. The van der Waals surface area contributed by atoms with Crippen molar-refractivity contribution in [2.24, 2.45) is 12.0 Å². The second-order valence-electron chi connectivity index (χ2n) is 13.1. The van der Waals surface area contributed by atoms with E-state index in [1.807, 2.05) is 38.7 Å². The van der Waals surface area contributed by atoms with Crippen LogP contribution in [0.1, 0.15) is 42.4 Å². The van der Waals surface area contributed by atoms with Gasteiger partial charge in [-0.3, -0.25) is 14.7 Å². The van der Waals surface area contributed by atoms with Crippen molar-refractivity contribution >= 4 is 29.3 Å². The molecule has 13 heteroatoms. The molecule has 0 aliphatic carbocycles. The molecular weight excluding hydrogens is 586 g/mol. The minimum atomic E-state index is -0.670. The van der Waals surface area contributed by atoms with Crippen LogP contribution in [-0.2, 0) is 18.3 Å².